The minimum absolute atomic E-state index is 0.217. The van der Waals surface area contributed by atoms with Gasteiger partial charge in [-0.1, -0.05) is 39.0 Å². The maximum Gasteiger partial charge on any atom is 0.261 e. The molecule has 0 spiro atoms. The first-order valence-electron chi connectivity index (χ1n) is 9.56. The summed E-state index contributed by atoms with van der Waals surface area (Å²) in [6.45, 7) is 7.54. The molecular weight excluding hydrogens is 372 g/mol. The number of benzene rings is 2. The van der Waals surface area contributed by atoms with E-state index in [-0.39, 0.29) is 11.0 Å². The third-order valence-corrected chi connectivity index (χ3v) is 4.08. The number of thiocarbonyl (C=S) groups is 1. The van der Waals surface area contributed by atoms with Crippen molar-refractivity contribution in [1.29, 1.82) is 0 Å². The van der Waals surface area contributed by atoms with Crippen molar-refractivity contribution in [2.75, 3.05) is 18.5 Å². The summed E-state index contributed by atoms with van der Waals surface area (Å²) in [5.74, 6) is 1.54. The monoisotopic (exact) mass is 400 g/mol. The van der Waals surface area contributed by atoms with E-state index in [1.807, 2.05) is 30.3 Å². The van der Waals surface area contributed by atoms with Crippen LogP contribution in [0.1, 0.15) is 44.0 Å². The van der Waals surface area contributed by atoms with E-state index in [9.17, 15) is 4.79 Å². The van der Waals surface area contributed by atoms with E-state index >= 15 is 0 Å². The highest BCUT2D eigenvalue weighted by Crippen LogP contribution is 2.20. The van der Waals surface area contributed by atoms with E-state index in [4.69, 9.17) is 21.7 Å². The molecule has 5 nitrogen and oxygen atoms in total. The van der Waals surface area contributed by atoms with Crippen LogP contribution in [0.2, 0.25) is 0 Å². The summed E-state index contributed by atoms with van der Waals surface area (Å²) in [5.41, 5.74) is 1.20. The number of nitrogens with one attached hydrogen (secondary N) is 2. The van der Waals surface area contributed by atoms with Crippen LogP contribution < -0.4 is 20.1 Å². The second-order valence-electron chi connectivity index (χ2n) is 6.81. The fourth-order valence-corrected chi connectivity index (χ4v) is 2.61. The van der Waals surface area contributed by atoms with Gasteiger partial charge < -0.3 is 14.8 Å². The van der Waals surface area contributed by atoms with Gasteiger partial charge in [0, 0.05) is 11.8 Å². The summed E-state index contributed by atoms with van der Waals surface area (Å²) >= 11 is 5.28. The molecule has 0 fully saturated rings. The predicted molar refractivity (Wildman–Crippen MR) is 117 cm³/mol. The number of ether oxygens (including phenoxy) is 2. The topological polar surface area (TPSA) is 59.6 Å². The van der Waals surface area contributed by atoms with Crippen LogP contribution in [0, 0.1) is 5.92 Å². The molecule has 0 radical (unpaired) electrons. The van der Waals surface area contributed by atoms with Crippen molar-refractivity contribution in [2.24, 2.45) is 5.92 Å². The summed E-state index contributed by atoms with van der Waals surface area (Å²) in [6, 6.07) is 14.6. The first kappa shape index (κ1) is 21.7. The zero-order valence-corrected chi connectivity index (χ0v) is 17.5. The smallest absolute Gasteiger partial charge is 0.261 e. The summed E-state index contributed by atoms with van der Waals surface area (Å²) in [7, 11) is 0. The van der Waals surface area contributed by atoms with Gasteiger partial charge in [-0.3, -0.25) is 10.1 Å². The Hall–Kier alpha value is -2.60. The quantitative estimate of drug-likeness (QED) is 0.578. The summed E-state index contributed by atoms with van der Waals surface area (Å²) in [6.07, 6.45) is 1.86. The lowest BCUT2D eigenvalue weighted by Crippen LogP contribution is -2.34. The molecule has 0 saturated heterocycles. The SMILES string of the molecule is CCCOc1cccc(NC(=S)NC(=O)c2ccccc2OCCC(C)C)c1. The number of carbonyl (C=O) groups excluding carboxylic acids is 1. The molecule has 1 amide bonds. The third-order valence-electron chi connectivity index (χ3n) is 3.88. The van der Waals surface area contributed by atoms with Crippen LogP contribution >= 0.6 is 12.2 Å². The van der Waals surface area contributed by atoms with Gasteiger partial charge >= 0.3 is 0 Å². The Bertz CT molecular complexity index is 793. The standard InChI is InChI=1S/C22H28N2O3S/c1-4-13-26-18-9-7-8-17(15-18)23-22(28)24-21(25)19-10-5-6-11-20(19)27-14-12-16(2)3/h5-11,15-16H,4,12-14H2,1-3H3,(H2,23,24,25,28). The van der Waals surface area contributed by atoms with Crippen LogP contribution in [0.5, 0.6) is 11.5 Å². The van der Waals surface area contributed by atoms with Crippen LogP contribution in [-0.2, 0) is 0 Å². The van der Waals surface area contributed by atoms with Gasteiger partial charge in [0.15, 0.2) is 5.11 Å². The Labute approximate surface area is 172 Å². The first-order chi connectivity index (χ1) is 13.5. The predicted octanol–water partition coefficient (Wildman–Crippen LogP) is 5.03. The number of anilines is 1. The number of carbonyl (C=O) groups is 1. The molecule has 0 aliphatic rings. The van der Waals surface area contributed by atoms with E-state index in [1.165, 1.54) is 0 Å². The van der Waals surface area contributed by atoms with E-state index in [0.717, 1.165) is 24.3 Å². The molecule has 0 aliphatic heterocycles. The van der Waals surface area contributed by atoms with Gasteiger partial charge in [0.05, 0.1) is 18.8 Å². The Balaban J connectivity index is 1.96. The minimum Gasteiger partial charge on any atom is -0.494 e. The van der Waals surface area contributed by atoms with Crippen LogP contribution in [0.3, 0.4) is 0 Å². The number of rotatable bonds is 9. The summed E-state index contributed by atoms with van der Waals surface area (Å²) in [5, 5.41) is 5.94. The molecule has 0 heterocycles. The van der Waals surface area contributed by atoms with Crippen LogP contribution in [-0.4, -0.2) is 24.2 Å². The number of hydrogen-bond acceptors (Lipinski definition) is 4. The molecule has 28 heavy (non-hydrogen) atoms. The highest BCUT2D eigenvalue weighted by molar-refractivity contribution is 7.80. The lowest BCUT2D eigenvalue weighted by Gasteiger charge is -2.14. The number of amides is 1. The average Bonchev–Trinajstić information content (AvgIpc) is 2.66. The fourth-order valence-electron chi connectivity index (χ4n) is 2.40. The molecule has 0 unspecified atom stereocenters. The van der Waals surface area contributed by atoms with Gasteiger partial charge in [-0.15, -0.1) is 0 Å². The second kappa shape index (κ2) is 11.3. The maximum absolute atomic E-state index is 12.6. The molecule has 2 rings (SSSR count). The molecule has 2 aromatic rings. The zero-order chi connectivity index (χ0) is 20.4. The minimum atomic E-state index is -0.309. The Morgan fingerprint density at radius 3 is 2.61 bits per heavy atom. The maximum atomic E-state index is 12.6. The van der Waals surface area contributed by atoms with Crippen molar-refractivity contribution in [2.45, 2.75) is 33.6 Å². The molecule has 0 atom stereocenters. The van der Waals surface area contributed by atoms with Crippen LogP contribution in [0.25, 0.3) is 0 Å². The Morgan fingerprint density at radius 1 is 1.07 bits per heavy atom. The van der Waals surface area contributed by atoms with Crippen LogP contribution in [0.15, 0.2) is 48.5 Å². The molecule has 0 aliphatic carbocycles. The van der Waals surface area contributed by atoms with Gasteiger partial charge in [-0.2, -0.15) is 0 Å². The van der Waals surface area contributed by atoms with Crippen LogP contribution in [0.4, 0.5) is 5.69 Å². The highest BCUT2D eigenvalue weighted by Gasteiger charge is 2.14. The normalized spacial score (nSPS) is 10.4. The van der Waals surface area contributed by atoms with Crippen molar-refractivity contribution in [1.82, 2.24) is 5.32 Å². The van der Waals surface area contributed by atoms with Crippen molar-refractivity contribution in [3.63, 3.8) is 0 Å². The zero-order valence-electron chi connectivity index (χ0n) is 16.7. The molecule has 2 aromatic carbocycles. The van der Waals surface area contributed by atoms with Crippen molar-refractivity contribution in [3.05, 3.63) is 54.1 Å². The van der Waals surface area contributed by atoms with Gasteiger partial charge in [-0.05, 0) is 55.2 Å². The van der Waals surface area contributed by atoms with E-state index in [0.29, 0.717) is 30.4 Å². The van der Waals surface area contributed by atoms with E-state index in [2.05, 4.69) is 31.4 Å². The number of hydrogen-bond donors (Lipinski definition) is 2. The number of para-hydroxylation sites is 1. The second-order valence-corrected chi connectivity index (χ2v) is 7.22. The average molecular weight is 401 g/mol. The lowest BCUT2D eigenvalue weighted by molar-refractivity contribution is 0.0973. The molecule has 0 aromatic heterocycles. The third kappa shape index (κ3) is 7.19. The summed E-state index contributed by atoms with van der Waals surface area (Å²) in [4.78, 5) is 12.6. The summed E-state index contributed by atoms with van der Waals surface area (Å²) < 4.78 is 11.4. The largest absolute Gasteiger partial charge is 0.494 e. The van der Waals surface area contributed by atoms with Gasteiger partial charge in [0.25, 0.3) is 5.91 Å². The molecule has 150 valence electrons. The highest BCUT2D eigenvalue weighted by atomic mass is 32.1. The van der Waals surface area contributed by atoms with Crippen molar-refractivity contribution >= 4 is 28.9 Å². The van der Waals surface area contributed by atoms with E-state index in [1.54, 1.807) is 18.2 Å². The Kier molecular flexibility index (Phi) is 8.75. The van der Waals surface area contributed by atoms with Gasteiger partial charge in [-0.25, -0.2) is 0 Å². The molecule has 0 bridgehead atoms. The molecule has 2 N–H and O–H groups in total. The van der Waals surface area contributed by atoms with Crippen molar-refractivity contribution < 1.29 is 14.3 Å². The van der Waals surface area contributed by atoms with Crippen molar-refractivity contribution in [3.8, 4) is 11.5 Å². The lowest BCUT2D eigenvalue weighted by atomic mass is 10.1. The molecule has 6 heteroatoms. The fraction of sp³-hybridized carbons (Fsp3) is 0.364. The first-order valence-corrected chi connectivity index (χ1v) is 9.97. The van der Waals surface area contributed by atoms with Gasteiger partial charge in [0.1, 0.15) is 11.5 Å². The van der Waals surface area contributed by atoms with E-state index < -0.39 is 0 Å². The Morgan fingerprint density at radius 2 is 1.86 bits per heavy atom. The molecule has 0 saturated carbocycles. The van der Waals surface area contributed by atoms with Gasteiger partial charge in [0.2, 0.25) is 0 Å². The molecular formula is C22H28N2O3S.